The maximum atomic E-state index is 11.1. The standard InChI is InChI=1S/C11H7N2OS/c12-4-3-7-1-2-8-9(11(13)14)6-15-10(8)5-7/h1-3,5-6H,(H2,13,14). The number of fused-ring (bicyclic) bond motifs is 1. The molecule has 0 bridgehead atoms. The third-order valence-corrected chi connectivity index (χ3v) is 3.04. The number of carbonyl (C=O) groups is 1. The first-order valence-corrected chi connectivity index (χ1v) is 5.14. The van der Waals surface area contributed by atoms with E-state index in [1.807, 2.05) is 18.2 Å². The fourth-order valence-corrected chi connectivity index (χ4v) is 2.40. The summed E-state index contributed by atoms with van der Waals surface area (Å²) in [6.45, 7) is 0. The first kappa shape index (κ1) is 9.69. The Kier molecular flexibility index (Phi) is 2.40. The molecule has 2 N–H and O–H groups in total. The molecule has 0 aliphatic heterocycles. The summed E-state index contributed by atoms with van der Waals surface area (Å²) in [4.78, 5) is 11.1. The summed E-state index contributed by atoms with van der Waals surface area (Å²) in [6, 6.07) is 7.45. The molecule has 3 nitrogen and oxygen atoms in total. The predicted molar refractivity (Wildman–Crippen MR) is 59.4 cm³/mol. The normalized spacial score (nSPS) is 10.1. The molecule has 4 heteroatoms. The SMILES string of the molecule is N#C[CH]c1ccc2c(C(N)=O)csc2c1. The molecule has 0 aliphatic carbocycles. The molecule has 0 unspecified atom stereocenters. The van der Waals surface area contributed by atoms with Crippen molar-refractivity contribution in [2.24, 2.45) is 5.73 Å². The lowest BCUT2D eigenvalue weighted by Crippen LogP contribution is -2.09. The molecule has 73 valence electrons. The van der Waals surface area contributed by atoms with Gasteiger partial charge in [-0.15, -0.1) is 11.3 Å². The van der Waals surface area contributed by atoms with Crippen LogP contribution in [0.2, 0.25) is 0 Å². The van der Waals surface area contributed by atoms with E-state index >= 15 is 0 Å². The number of nitrogens with two attached hydrogens (primary N) is 1. The molecule has 1 heterocycles. The zero-order chi connectivity index (χ0) is 10.8. The van der Waals surface area contributed by atoms with Crippen LogP contribution in [0.3, 0.4) is 0 Å². The number of thiophene rings is 1. The van der Waals surface area contributed by atoms with Gasteiger partial charge in [-0.1, -0.05) is 12.1 Å². The van der Waals surface area contributed by atoms with Gasteiger partial charge in [0, 0.05) is 15.5 Å². The molecule has 1 aromatic heterocycles. The molecule has 0 fully saturated rings. The second-order valence-electron chi connectivity index (χ2n) is 3.04. The van der Waals surface area contributed by atoms with Gasteiger partial charge in [-0.25, -0.2) is 0 Å². The quantitative estimate of drug-likeness (QED) is 0.833. The monoisotopic (exact) mass is 215 g/mol. The van der Waals surface area contributed by atoms with Gasteiger partial charge in [0.05, 0.1) is 18.1 Å². The van der Waals surface area contributed by atoms with Gasteiger partial charge in [-0.3, -0.25) is 4.79 Å². The Balaban J connectivity index is 2.57. The van der Waals surface area contributed by atoms with Crippen LogP contribution in [0.1, 0.15) is 15.9 Å². The number of carbonyl (C=O) groups excluding carboxylic acids is 1. The predicted octanol–water partition coefficient (Wildman–Crippen LogP) is 2.08. The average molecular weight is 215 g/mol. The van der Waals surface area contributed by atoms with Crippen molar-refractivity contribution in [3.05, 3.63) is 41.1 Å². The van der Waals surface area contributed by atoms with E-state index in [1.54, 1.807) is 11.4 Å². The van der Waals surface area contributed by atoms with E-state index in [0.29, 0.717) is 5.56 Å². The number of nitriles is 1. The molecule has 0 aliphatic rings. The van der Waals surface area contributed by atoms with E-state index in [2.05, 4.69) is 0 Å². The minimum Gasteiger partial charge on any atom is -0.366 e. The van der Waals surface area contributed by atoms with Gasteiger partial charge >= 0.3 is 0 Å². The van der Waals surface area contributed by atoms with Gasteiger partial charge in [0.1, 0.15) is 0 Å². The number of hydrogen-bond acceptors (Lipinski definition) is 3. The van der Waals surface area contributed by atoms with Gasteiger partial charge in [-0.05, 0) is 11.6 Å². The van der Waals surface area contributed by atoms with Crippen molar-refractivity contribution < 1.29 is 4.79 Å². The minimum absolute atomic E-state index is 0.418. The maximum Gasteiger partial charge on any atom is 0.250 e. The Hall–Kier alpha value is -1.86. The summed E-state index contributed by atoms with van der Waals surface area (Å²) in [5.41, 5.74) is 6.60. The van der Waals surface area contributed by atoms with Gasteiger partial charge in [0.25, 0.3) is 0 Å². The number of benzene rings is 1. The fraction of sp³-hybridized carbons (Fsp3) is 0. The van der Waals surface area contributed by atoms with E-state index in [1.165, 1.54) is 17.8 Å². The van der Waals surface area contributed by atoms with Gasteiger partial charge in [-0.2, -0.15) is 5.26 Å². The first-order chi connectivity index (χ1) is 7.22. The van der Waals surface area contributed by atoms with Crippen LogP contribution < -0.4 is 5.73 Å². The van der Waals surface area contributed by atoms with Crippen molar-refractivity contribution in [1.82, 2.24) is 0 Å². The third kappa shape index (κ3) is 1.69. The second-order valence-corrected chi connectivity index (χ2v) is 3.95. The zero-order valence-electron chi connectivity index (χ0n) is 7.73. The third-order valence-electron chi connectivity index (χ3n) is 2.10. The molecule has 1 amide bonds. The van der Waals surface area contributed by atoms with Crippen molar-refractivity contribution in [3.8, 4) is 6.07 Å². The molecule has 0 saturated heterocycles. The number of hydrogen-bond donors (Lipinski definition) is 1. The minimum atomic E-state index is -0.418. The summed E-state index contributed by atoms with van der Waals surface area (Å²) in [5, 5.41) is 11.1. The van der Waals surface area contributed by atoms with Crippen LogP contribution in [0, 0.1) is 17.8 Å². The number of nitrogens with zero attached hydrogens (tertiary/aromatic N) is 1. The topological polar surface area (TPSA) is 66.9 Å². The lowest BCUT2D eigenvalue weighted by molar-refractivity contribution is 0.100. The van der Waals surface area contributed by atoms with E-state index in [9.17, 15) is 4.79 Å². The molecule has 2 aromatic rings. The van der Waals surface area contributed by atoms with Crippen LogP contribution in [0.4, 0.5) is 0 Å². The van der Waals surface area contributed by atoms with Crippen LogP contribution in [-0.2, 0) is 0 Å². The van der Waals surface area contributed by atoms with Gasteiger partial charge in [0.15, 0.2) is 0 Å². The summed E-state index contributed by atoms with van der Waals surface area (Å²) < 4.78 is 0.966. The smallest absolute Gasteiger partial charge is 0.250 e. The Morgan fingerprint density at radius 3 is 3.00 bits per heavy atom. The second kappa shape index (κ2) is 3.71. The molecular formula is C11H7N2OS. The van der Waals surface area contributed by atoms with E-state index in [4.69, 9.17) is 11.0 Å². The van der Waals surface area contributed by atoms with E-state index < -0.39 is 5.91 Å². The molecule has 1 radical (unpaired) electrons. The highest BCUT2D eigenvalue weighted by Gasteiger charge is 2.08. The van der Waals surface area contributed by atoms with Crippen molar-refractivity contribution >= 4 is 27.3 Å². The number of primary amides is 1. The van der Waals surface area contributed by atoms with Crippen LogP contribution in [-0.4, -0.2) is 5.91 Å². The Labute approximate surface area is 90.7 Å². The van der Waals surface area contributed by atoms with Gasteiger partial charge in [0.2, 0.25) is 5.91 Å². The van der Waals surface area contributed by atoms with Crippen LogP contribution in [0.15, 0.2) is 23.6 Å². The maximum absolute atomic E-state index is 11.1. The lowest BCUT2D eigenvalue weighted by atomic mass is 10.1. The van der Waals surface area contributed by atoms with Crippen molar-refractivity contribution in [3.63, 3.8) is 0 Å². The number of amides is 1. The molecule has 0 spiro atoms. The largest absolute Gasteiger partial charge is 0.366 e. The zero-order valence-corrected chi connectivity index (χ0v) is 8.54. The van der Waals surface area contributed by atoms with Crippen LogP contribution in [0.25, 0.3) is 10.1 Å². The first-order valence-electron chi connectivity index (χ1n) is 4.26. The average Bonchev–Trinajstić information content (AvgIpc) is 2.61. The van der Waals surface area contributed by atoms with Crippen LogP contribution in [0.5, 0.6) is 0 Å². The molecule has 2 rings (SSSR count). The molecule has 15 heavy (non-hydrogen) atoms. The Morgan fingerprint density at radius 1 is 1.53 bits per heavy atom. The summed E-state index contributed by atoms with van der Waals surface area (Å²) >= 11 is 1.45. The van der Waals surface area contributed by atoms with Crippen molar-refractivity contribution in [2.75, 3.05) is 0 Å². The summed E-state index contributed by atoms with van der Waals surface area (Å²) in [7, 11) is 0. The summed E-state index contributed by atoms with van der Waals surface area (Å²) in [6.07, 6.45) is 1.46. The lowest BCUT2D eigenvalue weighted by Gasteiger charge is -1.95. The fourth-order valence-electron chi connectivity index (χ4n) is 1.40. The highest BCUT2D eigenvalue weighted by molar-refractivity contribution is 7.17. The van der Waals surface area contributed by atoms with Crippen molar-refractivity contribution in [1.29, 1.82) is 5.26 Å². The molecule has 0 saturated carbocycles. The summed E-state index contributed by atoms with van der Waals surface area (Å²) in [5.74, 6) is -0.418. The van der Waals surface area contributed by atoms with E-state index in [-0.39, 0.29) is 0 Å². The van der Waals surface area contributed by atoms with Crippen LogP contribution >= 0.6 is 11.3 Å². The van der Waals surface area contributed by atoms with E-state index in [0.717, 1.165) is 15.6 Å². The molecular weight excluding hydrogens is 208 g/mol. The van der Waals surface area contributed by atoms with Crippen molar-refractivity contribution in [2.45, 2.75) is 0 Å². The Morgan fingerprint density at radius 2 is 2.33 bits per heavy atom. The van der Waals surface area contributed by atoms with Gasteiger partial charge < -0.3 is 5.73 Å². The highest BCUT2D eigenvalue weighted by Crippen LogP contribution is 2.27. The number of rotatable bonds is 2. The highest BCUT2D eigenvalue weighted by atomic mass is 32.1. The molecule has 0 atom stereocenters. The molecule has 1 aromatic carbocycles. The Bertz CT molecular complexity index is 565.